The molecule has 2 aliphatic carbocycles. The number of carboxylic acid groups (broad SMARTS) is 1. The molecule has 7 nitrogen and oxygen atoms in total. The van der Waals surface area contributed by atoms with Crippen LogP contribution in [0.4, 0.5) is 4.79 Å². The molecule has 4 rings (SSSR count). The quantitative estimate of drug-likeness (QED) is 0.575. The zero-order valence-corrected chi connectivity index (χ0v) is 17.2. The molecule has 0 saturated heterocycles. The molecule has 7 heteroatoms. The van der Waals surface area contributed by atoms with E-state index in [0.717, 1.165) is 24.0 Å². The summed E-state index contributed by atoms with van der Waals surface area (Å²) in [5, 5.41) is 14.1. The number of fused-ring (bicyclic) bond motifs is 3. The Hall–Kier alpha value is -3.35. The first-order valence-corrected chi connectivity index (χ1v) is 10.6. The predicted octanol–water partition coefficient (Wildman–Crippen LogP) is 3.28. The predicted molar refractivity (Wildman–Crippen MR) is 115 cm³/mol. The minimum absolute atomic E-state index is 0.0168. The standard InChI is InChI=1S/C24H26N2O5/c27-22(25-12-11-23(28)29)13-21(15-9-10-15)26-24(30)31-14-20-18-7-3-1-5-16(18)17-6-2-4-8-19(17)20/h1-8,15,20-21H,9-14H2,(H,25,27)(H,26,30)(H,28,29). The van der Waals surface area contributed by atoms with Gasteiger partial charge in [0.1, 0.15) is 6.61 Å². The molecule has 0 aromatic heterocycles. The van der Waals surface area contributed by atoms with E-state index in [0.29, 0.717) is 0 Å². The van der Waals surface area contributed by atoms with E-state index < -0.39 is 12.1 Å². The van der Waals surface area contributed by atoms with Crippen LogP contribution >= 0.6 is 0 Å². The Balaban J connectivity index is 1.33. The fraction of sp³-hybridized carbons (Fsp3) is 0.375. The number of benzene rings is 2. The lowest BCUT2D eigenvalue weighted by Crippen LogP contribution is -2.41. The van der Waals surface area contributed by atoms with Gasteiger partial charge in [0.15, 0.2) is 0 Å². The number of nitrogens with one attached hydrogen (secondary N) is 2. The van der Waals surface area contributed by atoms with Crippen LogP contribution in [0.15, 0.2) is 48.5 Å². The number of alkyl carbamates (subject to hydrolysis) is 1. The van der Waals surface area contributed by atoms with Crippen molar-refractivity contribution in [1.82, 2.24) is 10.6 Å². The lowest BCUT2D eigenvalue weighted by atomic mass is 9.98. The van der Waals surface area contributed by atoms with E-state index >= 15 is 0 Å². The third-order valence-electron chi connectivity index (χ3n) is 5.90. The fourth-order valence-corrected chi connectivity index (χ4v) is 4.21. The molecule has 0 radical (unpaired) electrons. The van der Waals surface area contributed by atoms with Gasteiger partial charge in [-0.15, -0.1) is 0 Å². The number of hydrogen-bond donors (Lipinski definition) is 3. The smallest absolute Gasteiger partial charge is 0.407 e. The van der Waals surface area contributed by atoms with Crippen molar-refractivity contribution in [2.24, 2.45) is 5.92 Å². The molecule has 2 aliphatic rings. The fourth-order valence-electron chi connectivity index (χ4n) is 4.21. The highest BCUT2D eigenvalue weighted by molar-refractivity contribution is 5.80. The Morgan fingerprint density at radius 1 is 1.00 bits per heavy atom. The van der Waals surface area contributed by atoms with Crippen LogP contribution in [0.25, 0.3) is 11.1 Å². The van der Waals surface area contributed by atoms with Crippen molar-refractivity contribution in [3.8, 4) is 11.1 Å². The third-order valence-corrected chi connectivity index (χ3v) is 5.90. The molecule has 0 aliphatic heterocycles. The molecule has 1 atom stereocenters. The Kier molecular flexibility index (Phi) is 6.21. The SMILES string of the molecule is O=C(O)CCNC(=O)CC(NC(=O)OCC1c2ccccc2-c2ccccc21)C1CC1. The van der Waals surface area contributed by atoms with Gasteiger partial charge >= 0.3 is 12.1 Å². The van der Waals surface area contributed by atoms with Gasteiger partial charge in [-0.05, 0) is 41.0 Å². The molecule has 2 aromatic rings. The van der Waals surface area contributed by atoms with E-state index in [1.54, 1.807) is 0 Å². The summed E-state index contributed by atoms with van der Waals surface area (Å²) in [4.78, 5) is 35.2. The molecule has 0 heterocycles. The van der Waals surface area contributed by atoms with Gasteiger partial charge in [0, 0.05) is 24.9 Å². The van der Waals surface area contributed by atoms with Crippen LogP contribution in [0, 0.1) is 5.92 Å². The maximum atomic E-state index is 12.5. The van der Waals surface area contributed by atoms with Crippen LogP contribution < -0.4 is 10.6 Å². The van der Waals surface area contributed by atoms with Crippen LogP contribution in [0.5, 0.6) is 0 Å². The van der Waals surface area contributed by atoms with Gasteiger partial charge in [0.25, 0.3) is 0 Å². The number of aliphatic carboxylic acids is 1. The highest BCUT2D eigenvalue weighted by Crippen LogP contribution is 2.44. The van der Waals surface area contributed by atoms with Gasteiger partial charge in [0.05, 0.1) is 6.42 Å². The largest absolute Gasteiger partial charge is 0.481 e. The molecule has 1 unspecified atom stereocenters. The van der Waals surface area contributed by atoms with E-state index in [1.165, 1.54) is 11.1 Å². The van der Waals surface area contributed by atoms with Gasteiger partial charge in [-0.3, -0.25) is 9.59 Å². The topological polar surface area (TPSA) is 105 Å². The number of carbonyl (C=O) groups is 3. The average molecular weight is 422 g/mol. The second-order valence-electron chi connectivity index (χ2n) is 8.11. The molecule has 3 N–H and O–H groups in total. The Morgan fingerprint density at radius 3 is 2.19 bits per heavy atom. The molecular formula is C24H26N2O5. The molecule has 2 aromatic carbocycles. The molecule has 0 bridgehead atoms. The van der Waals surface area contributed by atoms with Crippen LogP contribution in [-0.4, -0.2) is 42.3 Å². The van der Waals surface area contributed by atoms with Crippen molar-refractivity contribution < 1.29 is 24.2 Å². The lowest BCUT2D eigenvalue weighted by molar-refractivity contribution is -0.136. The summed E-state index contributed by atoms with van der Waals surface area (Å²) in [6.07, 6.45) is 1.37. The average Bonchev–Trinajstić information content (AvgIpc) is 3.55. The number of rotatable bonds is 9. The monoisotopic (exact) mass is 422 g/mol. The van der Waals surface area contributed by atoms with E-state index in [-0.39, 0.29) is 49.8 Å². The summed E-state index contributed by atoms with van der Waals surface area (Å²) in [6.45, 7) is 0.304. The number of hydrogen-bond acceptors (Lipinski definition) is 4. The van der Waals surface area contributed by atoms with Crippen LogP contribution in [0.1, 0.15) is 42.7 Å². The summed E-state index contributed by atoms with van der Waals surface area (Å²) in [6, 6.07) is 16.0. The number of amides is 2. The first kappa shape index (κ1) is 20.9. The molecular weight excluding hydrogens is 396 g/mol. The van der Waals surface area contributed by atoms with E-state index in [2.05, 4.69) is 34.9 Å². The maximum Gasteiger partial charge on any atom is 0.407 e. The normalized spacial score (nSPS) is 15.5. The molecule has 31 heavy (non-hydrogen) atoms. The molecule has 1 saturated carbocycles. The zero-order valence-electron chi connectivity index (χ0n) is 17.2. The Bertz CT molecular complexity index is 940. The van der Waals surface area contributed by atoms with Crippen molar-refractivity contribution in [1.29, 1.82) is 0 Å². The second-order valence-corrected chi connectivity index (χ2v) is 8.11. The van der Waals surface area contributed by atoms with Gasteiger partial charge in [-0.25, -0.2) is 4.79 Å². The van der Waals surface area contributed by atoms with E-state index in [9.17, 15) is 14.4 Å². The van der Waals surface area contributed by atoms with Crippen molar-refractivity contribution in [2.45, 2.75) is 37.6 Å². The first-order valence-electron chi connectivity index (χ1n) is 10.6. The number of carbonyl (C=O) groups excluding carboxylic acids is 2. The minimum Gasteiger partial charge on any atom is -0.481 e. The molecule has 0 spiro atoms. The van der Waals surface area contributed by atoms with Gasteiger partial charge in [-0.2, -0.15) is 0 Å². The van der Waals surface area contributed by atoms with Crippen LogP contribution in [-0.2, 0) is 14.3 Å². The Labute approximate surface area is 180 Å². The summed E-state index contributed by atoms with van der Waals surface area (Å²) >= 11 is 0. The second kappa shape index (κ2) is 9.20. The van der Waals surface area contributed by atoms with Crippen LogP contribution in [0.2, 0.25) is 0 Å². The van der Waals surface area contributed by atoms with Crippen molar-refractivity contribution in [3.05, 3.63) is 59.7 Å². The summed E-state index contributed by atoms with van der Waals surface area (Å²) < 4.78 is 5.58. The highest BCUT2D eigenvalue weighted by atomic mass is 16.5. The third kappa shape index (κ3) is 5.05. The molecule has 2 amide bonds. The van der Waals surface area contributed by atoms with Gasteiger partial charge < -0.3 is 20.5 Å². The minimum atomic E-state index is -0.962. The zero-order chi connectivity index (χ0) is 21.8. The maximum absolute atomic E-state index is 12.5. The van der Waals surface area contributed by atoms with E-state index in [4.69, 9.17) is 9.84 Å². The van der Waals surface area contributed by atoms with Gasteiger partial charge in [0.2, 0.25) is 5.91 Å². The summed E-state index contributed by atoms with van der Waals surface area (Å²) in [5.74, 6) is -0.990. The van der Waals surface area contributed by atoms with Crippen molar-refractivity contribution in [3.63, 3.8) is 0 Å². The lowest BCUT2D eigenvalue weighted by Gasteiger charge is -2.19. The summed E-state index contributed by atoms with van der Waals surface area (Å²) in [7, 11) is 0. The summed E-state index contributed by atoms with van der Waals surface area (Å²) in [5.41, 5.74) is 4.63. The molecule has 1 fully saturated rings. The molecule has 162 valence electrons. The van der Waals surface area contributed by atoms with Crippen molar-refractivity contribution >= 4 is 18.0 Å². The Morgan fingerprint density at radius 2 is 1.61 bits per heavy atom. The number of ether oxygens (including phenoxy) is 1. The van der Waals surface area contributed by atoms with Crippen LogP contribution in [0.3, 0.4) is 0 Å². The highest BCUT2D eigenvalue weighted by Gasteiger charge is 2.35. The van der Waals surface area contributed by atoms with Gasteiger partial charge in [-0.1, -0.05) is 48.5 Å². The van der Waals surface area contributed by atoms with E-state index in [1.807, 2.05) is 24.3 Å². The first-order chi connectivity index (χ1) is 15.0. The van der Waals surface area contributed by atoms with Crippen molar-refractivity contribution in [2.75, 3.05) is 13.2 Å². The number of carboxylic acids is 1.